The highest BCUT2D eigenvalue weighted by molar-refractivity contribution is 6.37. The number of fused-ring (bicyclic) bond motifs is 1. The Morgan fingerprint density at radius 1 is 1.19 bits per heavy atom. The van der Waals surface area contributed by atoms with Gasteiger partial charge in [-0.25, -0.2) is 0 Å². The molecule has 26 heavy (non-hydrogen) atoms. The molecule has 2 aromatic rings. The van der Waals surface area contributed by atoms with Crippen LogP contribution in [0, 0.1) is 20.2 Å². The maximum Gasteiger partial charge on any atom is 0.397 e. The lowest BCUT2D eigenvalue weighted by molar-refractivity contribution is -0.536. The molecular formula is C16H11ClN2O7. The number of nitro groups is 2. The van der Waals surface area contributed by atoms with Crippen LogP contribution in [0.1, 0.15) is 22.0 Å². The van der Waals surface area contributed by atoms with E-state index in [0.29, 0.717) is 0 Å². The molecule has 0 fully saturated rings. The van der Waals surface area contributed by atoms with E-state index < -0.39 is 32.4 Å². The lowest BCUT2D eigenvalue weighted by Gasteiger charge is -2.32. The van der Waals surface area contributed by atoms with E-state index in [2.05, 4.69) is 0 Å². The molecule has 0 radical (unpaired) electrons. The number of ether oxygens (including phenoxy) is 2. The van der Waals surface area contributed by atoms with E-state index in [-0.39, 0.29) is 22.6 Å². The van der Waals surface area contributed by atoms with Crippen LogP contribution in [-0.2, 0) is 0 Å². The van der Waals surface area contributed by atoms with Gasteiger partial charge in [0.15, 0.2) is 5.75 Å². The molecule has 2 aromatic carbocycles. The summed E-state index contributed by atoms with van der Waals surface area (Å²) in [6.07, 6.45) is -1.56. The van der Waals surface area contributed by atoms with Gasteiger partial charge in [-0.15, -0.1) is 0 Å². The Kier molecular flexibility index (Phi) is 4.25. The number of alkyl halides is 1. The number of hydrogen-bond acceptors (Lipinski definition) is 7. The van der Waals surface area contributed by atoms with Gasteiger partial charge in [-0.2, -0.15) is 0 Å². The monoisotopic (exact) mass is 378 g/mol. The van der Waals surface area contributed by atoms with Gasteiger partial charge in [0.05, 0.1) is 22.5 Å². The minimum atomic E-state index is -2.66. The lowest BCUT2D eigenvalue weighted by Crippen LogP contribution is -2.51. The zero-order chi connectivity index (χ0) is 19.1. The van der Waals surface area contributed by atoms with Crippen molar-refractivity contribution in [2.24, 2.45) is 0 Å². The van der Waals surface area contributed by atoms with Gasteiger partial charge in [-0.05, 0) is 29.8 Å². The maximum absolute atomic E-state index is 12.7. The van der Waals surface area contributed by atoms with Gasteiger partial charge in [-0.1, -0.05) is 18.2 Å². The van der Waals surface area contributed by atoms with Crippen molar-refractivity contribution < 1.29 is 24.1 Å². The molecule has 134 valence electrons. The molecule has 0 N–H and O–H groups in total. The predicted molar refractivity (Wildman–Crippen MR) is 89.4 cm³/mol. The predicted octanol–water partition coefficient (Wildman–Crippen LogP) is 3.13. The molecule has 3 rings (SSSR count). The first kappa shape index (κ1) is 17.6. The van der Waals surface area contributed by atoms with Crippen molar-refractivity contribution in [2.75, 3.05) is 7.11 Å². The van der Waals surface area contributed by atoms with E-state index >= 15 is 0 Å². The smallest absolute Gasteiger partial charge is 0.397 e. The zero-order valence-corrected chi connectivity index (χ0v) is 14.0. The maximum atomic E-state index is 12.7. The summed E-state index contributed by atoms with van der Waals surface area (Å²) in [6.45, 7) is 0. The van der Waals surface area contributed by atoms with Crippen LogP contribution < -0.4 is 9.47 Å². The highest BCUT2D eigenvalue weighted by Gasteiger charge is 2.62. The van der Waals surface area contributed by atoms with E-state index in [4.69, 9.17) is 21.1 Å². The summed E-state index contributed by atoms with van der Waals surface area (Å²) < 4.78 is 10.5. The molecule has 1 aliphatic heterocycles. The van der Waals surface area contributed by atoms with Gasteiger partial charge >= 0.3 is 10.7 Å². The summed E-state index contributed by atoms with van der Waals surface area (Å²) in [4.78, 5) is 31.2. The van der Waals surface area contributed by atoms with Gasteiger partial charge in [0.1, 0.15) is 5.75 Å². The van der Waals surface area contributed by atoms with Crippen LogP contribution in [0.2, 0.25) is 0 Å². The van der Waals surface area contributed by atoms with E-state index in [0.717, 1.165) is 6.07 Å². The Morgan fingerprint density at radius 2 is 1.88 bits per heavy atom. The number of carbonyl (C=O) groups is 1. The number of halogens is 1. The van der Waals surface area contributed by atoms with Crippen molar-refractivity contribution in [1.82, 2.24) is 0 Å². The van der Waals surface area contributed by atoms with Crippen LogP contribution in [0.5, 0.6) is 11.5 Å². The number of nitro benzene ring substituents is 1. The number of nitrogens with zero attached hydrogens (tertiary/aromatic N) is 2. The lowest BCUT2D eigenvalue weighted by atomic mass is 9.91. The first-order valence-electron chi connectivity index (χ1n) is 7.27. The third kappa shape index (κ3) is 2.53. The number of carbonyl (C=O) groups excluding carboxylic acids is 1. The number of para-hydroxylation sites is 1. The average molecular weight is 379 g/mol. The van der Waals surface area contributed by atoms with E-state index in [1.807, 2.05) is 0 Å². The first-order valence-corrected chi connectivity index (χ1v) is 7.64. The van der Waals surface area contributed by atoms with Gasteiger partial charge in [0.25, 0.3) is 5.78 Å². The molecule has 0 amide bonds. The standard InChI is InChI=1S/C16H11ClN2O7/c1-25-13-7-6-9(8-11(13)18(21)22)15-16(17,19(23)24)14(20)10-4-2-3-5-12(10)26-15/h2-8,15H,1H3. The molecular weight excluding hydrogens is 368 g/mol. The zero-order valence-electron chi connectivity index (χ0n) is 13.2. The molecule has 0 saturated heterocycles. The quantitative estimate of drug-likeness (QED) is 0.346. The highest BCUT2D eigenvalue weighted by atomic mass is 35.5. The molecule has 1 heterocycles. The number of methoxy groups -OCH3 is 1. The highest BCUT2D eigenvalue weighted by Crippen LogP contribution is 2.46. The van der Waals surface area contributed by atoms with Gasteiger partial charge < -0.3 is 9.47 Å². The van der Waals surface area contributed by atoms with Crippen LogP contribution in [0.25, 0.3) is 0 Å². The molecule has 2 unspecified atom stereocenters. The van der Waals surface area contributed by atoms with Gasteiger partial charge in [0, 0.05) is 11.6 Å². The SMILES string of the molecule is COc1ccc(C2Oc3ccccc3C(=O)C2(Cl)[N+](=O)[O-])cc1[N+](=O)[O-]. The Labute approximate surface area is 151 Å². The number of hydrogen-bond donors (Lipinski definition) is 0. The van der Waals surface area contributed by atoms with Crippen molar-refractivity contribution in [3.8, 4) is 11.5 Å². The number of rotatable bonds is 4. The minimum Gasteiger partial charge on any atom is -0.490 e. The van der Waals surface area contributed by atoms with Gasteiger partial charge in [0.2, 0.25) is 6.10 Å². The van der Waals surface area contributed by atoms with Crippen LogP contribution >= 0.6 is 11.6 Å². The Balaban J connectivity index is 2.20. The molecule has 10 heteroatoms. The fourth-order valence-corrected chi connectivity index (χ4v) is 3.02. The average Bonchev–Trinajstić information content (AvgIpc) is 2.63. The molecule has 2 atom stereocenters. The third-order valence-corrected chi connectivity index (χ3v) is 4.52. The second-order valence-electron chi connectivity index (χ2n) is 5.44. The second-order valence-corrected chi connectivity index (χ2v) is 6.02. The minimum absolute atomic E-state index is 0.00653. The van der Waals surface area contributed by atoms with Crippen molar-refractivity contribution in [3.05, 3.63) is 73.8 Å². The first-order chi connectivity index (χ1) is 12.3. The van der Waals surface area contributed by atoms with E-state index in [1.54, 1.807) is 6.07 Å². The van der Waals surface area contributed by atoms with Crippen molar-refractivity contribution in [1.29, 1.82) is 0 Å². The Hall–Kier alpha value is -3.20. The molecule has 1 aliphatic rings. The molecule has 0 spiro atoms. The molecule has 0 aliphatic carbocycles. The van der Waals surface area contributed by atoms with Crippen molar-refractivity contribution >= 4 is 23.1 Å². The molecule has 0 aromatic heterocycles. The van der Waals surface area contributed by atoms with E-state index in [1.165, 1.54) is 37.4 Å². The normalized spacial score (nSPS) is 21.5. The van der Waals surface area contributed by atoms with Crippen molar-refractivity contribution in [2.45, 2.75) is 11.1 Å². The van der Waals surface area contributed by atoms with Gasteiger partial charge in [-0.3, -0.25) is 25.0 Å². The largest absolute Gasteiger partial charge is 0.490 e. The molecule has 0 saturated carbocycles. The Morgan fingerprint density at radius 3 is 2.50 bits per heavy atom. The number of ketones is 1. The third-order valence-electron chi connectivity index (χ3n) is 4.01. The fourth-order valence-electron chi connectivity index (χ4n) is 2.75. The Bertz CT molecular complexity index is 933. The summed E-state index contributed by atoms with van der Waals surface area (Å²) in [5, 5.41) is 22.9. The molecule has 0 bridgehead atoms. The second kappa shape index (κ2) is 6.26. The summed E-state index contributed by atoms with van der Waals surface area (Å²) in [7, 11) is 1.25. The van der Waals surface area contributed by atoms with Crippen LogP contribution in [-0.4, -0.2) is 27.7 Å². The summed E-state index contributed by atoms with van der Waals surface area (Å²) in [5.41, 5.74) is -0.451. The van der Waals surface area contributed by atoms with Crippen molar-refractivity contribution in [3.63, 3.8) is 0 Å². The van der Waals surface area contributed by atoms with E-state index in [9.17, 15) is 25.0 Å². The molecule has 9 nitrogen and oxygen atoms in total. The van der Waals surface area contributed by atoms with Crippen LogP contribution in [0.15, 0.2) is 42.5 Å². The topological polar surface area (TPSA) is 122 Å². The number of benzene rings is 2. The number of Topliss-reactive ketones (excluding diaryl/α,β-unsaturated/α-hetero) is 1. The summed E-state index contributed by atoms with van der Waals surface area (Å²) >= 11 is 6.12. The van der Waals surface area contributed by atoms with Crippen LogP contribution in [0.4, 0.5) is 5.69 Å². The van der Waals surface area contributed by atoms with Crippen LogP contribution in [0.3, 0.4) is 0 Å². The summed E-state index contributed by atoms with van der Waals surface area (Å²) in [6, 6.07) is 9.59. The fraction of sp³-hybridized carbons (Fsp3) is 0.188. The summed E-state index contributed by atoms with van der Waals surface area (Å²) in [5.74, 6) is -0.879.